The first kappa shape index (κ1) is 19.2. The van der Waals surface area contributed by atoms with Crippen molar-refractivity contribution in [1.82, 2.24) is 0 Å². The Labute approximate surface area is 149 Å². The van der Waals surface area contributed by atoms with E-state index in [2.05, 4.69) is 0 Å². The number of ether oxygens (including phenoxy) is 1. The number of carbonyl (C=O) groups is 2. The molecule has 0 unspecified atom stereocenters. The summed E-state index contributed by atoms with van der Waals surface area (Å²) in [6.45, 7) is 0. The van der Waals surface area contributed by atoms with E-state index < -0.39 is 50.3 Å². The third-order valence-electron chi connectivity index (χ3n) is 3.31. The van der Waals surface area contributed by atoms with Gasteiger partial charge in [-0.05, 0) is 35.9 Å². The second-order valence-corrected chi connectivity index (χ2v) is 5.52. The zero-order chi connectivity index (χ0) is 18.9. The Morgan fingerprint density at radius 1 is 1.08 bits per heavy atom. The maximum absolute atomic E-state index is 14.5. The lowest BCUT2D eigenvalue weighted by atomic mass is 9.95. The lowest BCUT2D eigenvalue weighted by molar-refractivity contribution is -0.137. The van der Waals surface area contributed by atoms with Crippen LogP contribution in [0.2, 0.25) is 5.02 Å². The summed E-state index contributed by atoms with van der Waals surface area (Å²) in [7, 11) is 1.09. The van der Waals surface area contributed by atoms with E-state index in [1.165, 1.54) is 0 Å². The average molecular weight is 395 g/mol. The van der Waals surface area contributed by atoms with E-state index >= 15 is 0 Å². The lowest BCUT2D eigenvalue weighted by Gasteiger charge is -2.16. The first-order chi connectivity index (χ1) is 11.6. The predicted molar refractivity (Wildman–Crippen MR) is 83.0 cm³/mol. The summed E-state index contributed by atoms with van der Waals surface area (Å²) in [5, 5.41) is -1.74. The summed E-state index contributed by atoms with van der Waals surface area (Å²) in [5.74, 6) is -3.14. The van der Waals surface area contributed by atoms with Crippen LogP contribution in [0, 0.1) is 5.82 Å². The third kappa shape index (κ3) is 3.62. The molecule has 2 rings (SSSR count). The van der Waals surface area contributed by atoms with Gasteiger partial charge in [0.05, 0.1) is 28.8 Å². The first-order valence-corrected chi connectivity index (χ1v) is 7.32. The highest BCUT2D eigenvalue weighted by atomic mass is 35.5. The van der Waals surface area contributed by atoms with Gasteiger partial charge in [0.1, 0.15) is 17.1 Å². The van der Waals surface area contributed by atoms with Crippen LogP contribution >= 0.6 is 23.2 Å². The average Bonchev–Trinajstić information content (AvgIpc) is 2.52. The van der Waals surface area contributed by atoms with Crippen LogP contribution in [0.5, 0.6) is 5.75 Å². The topological polar surface area (TPSA) is 43.4 Å². The molecule has 0 N–H and O–H groups in total. The molecule has 0 bridgehead atoms. The van der Waals surface area contributed by atoms with Gasteiger partial charge in [-0.15, -0.1) is 0 Å². The van der Waals surface area contributed by atoms with E-state index in [-0.39, 0.29) is 5.75 Å². The SMILES string of the molecule is COc1ccc(C(=O)Cl)c(F)c1C(=O)c1c(Cl)cccc1C(F)(F)F. The predicted octanol–water partition coefficient (Wildman–Crippen LogP) is 5.12. The van der Waals surface area contributed by atoms with Crippen molar-refractivity contribution in [2.24, 2.45) is 0 Å². The van der Waals surface area contributed by atoms with Crippen LogP contribution in [-0.2, 0) is 6.18 Å². The molecule has 0 aliphatic carbocycles. The second kappa shape index (κ2) is 7.01. The van der Waals surface area contributed by atoms with Crippen molar-refractivity contribution in [2.45, 2.75) is 6.18 Å². The Bertz CT molecular complexity index is 863. The van der Waals surface area contributed by atoms with Crippen LogP contribution in [0.25, 0.3) is 0 Å². The molecule has 0 atom stereocenters. The molecular weight excluding hydrogens is 387 g/mol. The minimum absolute atomic E-state index is 0.364. The summed E-state index contributed by atoms with van der Waals surface area (Å²) in [4.78, 5) is 23.9. The molecule has 0 saturated carbocycles. The molecule has 0 saturated heterocycles. The fourth-order valence-electron chi connectivity index (χ4n) is 2.21. The molecule has 9 heteroatoms. The van der Waals surface area contributed by atoms with Gasteiger partial charge in [0.15, 0.2) is 0 Å². The van der Waals surface area contributed by atoms with Gasteiger partial charge >= 0.3 is 6.18 Å². The molecule has 2 aromatic carbocycles. The van der Waals surface area contributed by atoms with Gasteiger partial charge in [0, 0.05) is 0 Å². The quantitative estimate of drug-likeness (QED) is 0.410. The minimum Gasteiger partial charge on any atom is -0.496 e. The number of halogens is 6. The van der Waals surface area contributed by atoms with Gasteiger partial charge in [-0.25, -0.2) is 4.39 Å². The zero-order valence-corrected chi connectivity index (χ0v) is 13.9. The number of ketones is 1. The van der Waals surface area contributed by atoms with Crippen molar-refractivity contribution in [3.63, 3.8) is 0 Å². The highest BCUT2D eigenvalue weighted by Gasteiger charge is 2.38. The van der Waals surface area contributed by atoms with Crippen molar-refractivity contribution in [3.8, 4) is 5.75 Å². The lowest BCUT2D eigenvalue weighted by Crippen LogP contribution is -2.17. The van der Waals surface area contributed by atoms with Crippen molar-refractivity contribution in [1.29, 1.82) is 0 Å². The Morgan fingerprint density at radius 2 is 1.72 bits per heavy atom. The molecule has 0 radical (unpaired) electrons. The number of methoxy groups -OCH3 is 1. The number of benzene rings is 2. The van der Waals surface area contributed by atoms with Crippen LogP contribution in [-0.4, -0.2) is 18.1 Å². The molecule has 0 heterocycles. The minimum atomic E-state index is -4.90. The third-order valence-corrected chi connectivity index (χ3v) is 3.83. The summed E-state index contributed by atoms with van der Waals surface area (Å²) in [6.07, 6.45) is -4.90. The number of alkyl halides is 3. The van der Waals surface area contributed by atoms with Gasteiger partial charge < -0.3 is 4.74 Å². The number of rotatable bonds is 4. The van der Waals surface area contributed by atoms with Crippen molar-refractivity contribution >= 4 is 34.2 Å². The molecule has 25 heavy (non-hydrogen) atoms. The monoisotopic (exact) mass is 394 g/mol. The molecular formula is C16H8Cl2F4O3. The fourth-order valence-corrected chi connectivity index (χ4v) is 2.61. The van der Waals surface area contributed by atoms with Crippen molar-refractivity contribution < 1.29 is 31.9 Å². The Hall–Kier alpha value is -2.12. The van der Waals surface area contributed by atoms with Crippen LogP contribution in [0.1, 0.15) is 31.8 Å². The highest BCUT2D eigenvalue weighted by Crippen LogP contribution is 2.38. The second-order valence-electron chi connectivity index (χ2n) is 4.77. The Morgan fingerprint density at radius 3 is 2.24 bits per heavy atom. The summed E-state index contributed by atoms with van der Waals surface area (Å²) >= 11 is 11.0. The van der Waals surface area contributed by atoms with Gasteiger partial charge in [-0.3, -0.25) is 9.59 Å². The largest absolute Gasteiger partial charge is 0.496 e. The maximum Gasteiger partial charge on any atom is 0.417 e. The van der Waals surface area contributed by atoms with Crippen LogP contribution in [0.4, 0.5) is 17.6 Å². The molecule has 2 aromatic rings. The van der Waals surface area contributed by atoms with E-state index in [1.807, 2.05) is 0 Å². The van der Waals surface area contributed by atoms with Gasteiger partial charge in [0.2, 0.25) is 5.78 Å². The van der Waals surface area contributed by atoms with Crippen LogP contribution < -0.4 is 4.74 Å². The summed E-state index contributed by atoms with van der Waals surface area (Å²) in [5.41, 5.74) is -3.83. The molecule has 3 nitrogen and oxygen atoms in total. The van der Waals surface area contributed by atoms with Gasteiger partial charge in [-0.1, -0.05) is 17.7 Å². The number of hydrogen-bond acceptors (Lipinski definition) is 3. The highest BCUT2D eigenvalue weighted by molar-refractivity contribution is 6.67. The summed E-state index contributed by atoms with van der Waals surface area (Å²) < 4.78 is 58.9. The molecule has 0 aliphatic heterocycles. The van der Waals surface area contributed by atoms with E-state index in [9.17, 15) is 27.2 Å². The standard InChI is InChI=1S/C16H8Cl2F4O3/c1-25-10-6-5-7(15(18)24)13(19)12(10)14(23)11-8(16(20,21)22)3-2-4-9(11)17/h2-6H,1H3. The van der Waals surface area contributed by atoms with Crippen LogP contribution in [0.3, 0.4) is 0 Å². The molecule has 0 amide bonds. The van der Waals surface area contributed by atoms with E-state index in [0.717, 1.165) is 31.4 Å². The number of carbonyl (C=O) groups excluding carboxylic acids is 2. The van der Waals surface area contributed by atoms with Crippen molar-refractivity contribution in [3.05, 3.63) is 63.4 Å². The summed E-state index contributed by atoms with van der Waals surface area (Å²) in [6, 6.07) is 4.72. The molecule has 0 spiro atoms. The van der Waals surface area contributed by atoms with E-state index in [4.69, 9.17) is 27.9 Å². The van der Waals surface area contributed by atoms with Gasteiger partial charge in [-0.2, -0.15) is 13.2 Å². The number of hydrogen-bond donors (Lipinski definition) is 0. The smallest absolute Gasteiger partial charge is 0.417 e. The Balaban J connectivity index is 2.80. The molecule has 132 valence electrons. The normalized spacial score (nSPS) is 11.3. The first-order valence-electron chi connectivity index (χ1n) is 6.56. The fraction of sp³-hybridized carbons (Fsp3) is 0.125. The molecule has 0 fully saturated rings. The van der Waals surface area contributed by atoms with E-state index in [1.54, 1.807) is 0 Å². The Kier molecular flexibility index (Phi) is 5.39. The van der Waals surface area contributed by atoms with Gasteiger partial charge in [0.25, 0.3) is 5.24 Å². The maximum atomic E-state index is 14.5. The van der Waals surface area contributed by atoms with E-state index in [0.29, 0.717) is 6.07 Å². The van der Waals surface area contributed by atoms with Crippen LogP contribution in [0.15, 0.2) is 30.3 Å². The molecule has 0 aliphatic rings. The molecule has 0 aromatic heterocycles. The van der Waals surface area contributed by atoms with Crippen molar-refractivity contribution in [2.75, 3.05) is 7.11 Å². The zero-order valence-electron chi connectivity index (χ0n) is 12.4.